The monoisotopic (exact) mass is 326 g/mol. The van der Waals surface area contributed by atoms with Crippen LogP contribution in [-0.4, -0.2) is 20.4 Å². The molecule has 0 atom stereocenters. The predicted molar refractivity (Wildman–Crippen MR) is 86.5 cm³/mol. The molecule has 24 heavy (non-hydrogen) atoms. The van der Waals surface area contributed by atoms with Crippen LogP contribution in [0.25, 0.3) is 5.69 Å². The highest BCUT2D eigenvalue weighted by Crippen LogP contribution is 2.16. The molecule has 0 radical (unpaired) electrons. The first-order chi connectivity index (χ1) is 11.5. The van der Waals surface area contributed by atoms with Gasteiger partial charge in [0.1, 0.15) is 11.6 Å². The molecule has 2 aromatic heterocycles. The molecule has 0 bridgehead atoms. The zero-order valence-corrected chi connectivity index (χ0v) is 12.9. The van der Waals surface area contributed by atoms with Crippen molar-refractivity contribution in [2.75, 3.05) is 0 Å². The van der Waals surface area contributed by atoms with E-state index < -0.39 is 5.82 Å². The summed E-state index contributed by atoms with van der Waals surface area (Å²) in [4.78, 5) is 29.5. The highest BCUT2D eigenvalue weighted by atomic mass is 19.1. The molecule has 1 aromatic carbocycles. The third-order valence-electron chi connectivity index (χ3n) is 3.60. The Morgan fingerprint density at radius 2 is 2.17 bits per heavy atom. The van der Waals surface area contributed by atoms with Crippen molar-refractivity contribution in [1.29, 1.82) is 0 Å². The van der Waals surface area contributed by atoms with Gasteiger partial charge >= 0.3 is 0 Å². The predicted octanol–water partition coefficient (Wildman–Crippen LogP) is 1.94. The molecule has 0 fully saturated rings. The minimum Gasteiger partial charge on any atom is -0.348 e. The van der Waals surface area contributed by atoms with Gasteiger partial charge in [0.15, 0.2) is 0 Å². The van der Waals surface area contributed by atoms with Crippen molar-refractivity contribution in [2.24, 2.45) is 0 Å². The number of halogens is 1. The third-order valence-corrected chi connectivity index (χ3v) is 3.60. The highest BCUT2D eigenvalue weighted by Gasteiger charge is 2.09. The Hall–Kier alpha value is -3.22. The van der Waals surface area contributed by atoms with Crippen LogP contribution in [0.5, 0.6) is 0 Å². The Bertz CT molecular complexity index is 925. The Labute approximate surface area is 137 Å². The minimum atomic E-state index is -0.396. The van der Waals surface area contributed by atoms with E-state index in [1.54, 1.807) is 36.0 Å². The number of H-pyrrole nitrogens is 1. The number of amides is 1. The summed E-state index contributed by atoms with van der Waals surface area (Å²) in [5.41, 5.74) is 1.09. The van der Waals surface area contributed by atoms with Crippen molar-refractivity contribution in [3.05, 3.63) is 82.0 Å². The molecule has 7 heteroatoms. The average molecular weight is 326 g/mol. The van der Waals surface area contributed by atoms with Gasteiger partial charge in [-0.05, 0) is 30.7 Å². The summed E-state index contributed by atoms with van der Waals surface area (Å²) in [7, 11) is 0. The maximum absolute atomic E-state index is 14.3. The van der Waals surface area contributed by atoms with E-state index in [1.807, 2.05) is 0 Å². The summed E-state index contributed by atoms with van der Waals surface area (Å²) in [5.74, 6) is -0.0545. The number of hydrogen-bond donors (Lipinski definition) is 2. The number of nitrogens with one attached hydrogen (secondary N) is 2. The van der Waals surface area contributed by atoms with Gasteiger partial charge in [0.2, 0.25) is 5.56 Å². The molecule has 0 saturated carbocycles. The van der Waals surface area contributed by atoms with Crippen molar-refractivity contribution in [3.63, 3.8) is 0 Å². The number of imidazole rings is 1. The van der Waals surface area contributed by atoms with Gasteiger partial charge in [0, 0.05) is 31.2 Å². The van der Waals surface area contributed by atoms with Crippen molar-refractivity contribution < 1.29 is 9.18 Å². The van der Waals surface area contributed by atoms with Gasteiger partial charge in [0.25, 0.3) is 5.91 Å². The molecule has 0 aliphatic heterocycles. The van der Waals surface area contributed by atoms with Gasteiger partial charge in [-0.2, -0.15) is 0 Å². The fraction of sp³-hybridized carbons (Fsp3) is 0.118. The van der Waals surface area contributed by atoms with E-state index in [4.69, 9.17) is 0 Å². The number of aromatic amines is 1. The normalized spacial score (nSPS) is 10.6. The number of pyridine rings is 1. The van der Waals surface area contributed by atoms with E-state index in [0.29, 0.717) is 22.6 Å². The molecule has 2 N–H and O–H groups in total. The smallest absolute Gasteiger partial charge is 0.253 e. The van der Waals surface area contributed by atoms with Crippen LogP contribution in [0.3, 0.4) is 0 Å². The second-order valence-electron chi connectivity index (χ2n) is 5.25. The van der Waals surface area contributed by atoms with Crippen LogP contribution in [0.2, 0.25) is 0 Å². The summed E-state index contributed by atoms with van der Waals surface area (Å²) in [6, 6.07) is 7.47. The molecule has 3 rings (SSSR count). The third kappa shape index (κ3) is 3.24. The van der Waals surface area contributed by atoms with Crippen LogP contribution in [0.1, 0.15) is 21.7 Å². The molecular formula is C17H15FN4O2. The lowest BCUT2D eigenvalue weighted by atomic mass is 10.2. The van der Waals surface area contributed by atoms with Crippen LogP contribution in [0.4, 0.5) is 4.39 Å². The first kappa shape index (κ1) is 15.7. The maximum Gasteiger partial charge on any atom is 0.253 e. The molecule has 0 spiro atoms. The van der Waals surface area contributed by atoms with Crippen LogP contribution in [0, 0.1) is 12.7 Å². The van der Waals surface area contributed by atoms with E-state index in [-0.39, 0.29) is 18.0 Å². The summed E-state index contributed by atoms with van der Waals surface area (Å²) >= 11 is 0. The van der Waals surface area contributed by atoms with Crippen molar-refractivity contribution >= 4 is 5.91 Å². The van der Waals surface area contributed by atoms with Crippen molar-refractivity contribution in [1.82, 2.24) is 19.9 Å². The van der Waals surface area contributed by atoms with Gasteiger partial charge in [-0.15, -0.1) is 0 Å². The van der Waals surface area contributed by atoms with Gasteiger partial charge < -0.3 is 14.9 Å². The molecule has 3 aromatic rings. The minimum absolute atomic E-state index is 0.179. The fourth-order valence-corrected chi connectivity index (χ4v) is 2.32. The molecule has 6 nitrogen and oxygen atoms in total. The summed E-state index contributed by atoms with van der Waals surface area (Å²) < 4.78 is 15.9. The number of carbonyl (C=O) groups excluding carboxylic acids is 1. The van der Waals surface area contributed by atoms with E-state index in [0.717, 1.165) is 0 Å². The van der Waals surface area contributed by atoms with E-state index >= 15 is 0 Å². The zero-order chi connectivity index (χ0) is 17.1. The first-order valence-corrected chi connectivity index (χ1v) is 7.30. The Morgan fingerprint density at radius 1 is 1.33 bits per heavy atom. The second-order valence-corrected chi connectivity index (χ2v) is 5.25. The molecule has 0 aliphatic carbocycles. The largest absolute Gasteiger partial charge is 0.348 e. The van der Waals surface area contributed by atoms with E-state index in [1.165, 1.54) is 24.4 Å². The lowest BCUT2D eigenvalue weighted by Crippen LogP contribution is -2.23. The molecule has 1 amide bonds. The number of hydrogen-bond acceptors (Lipinski definition) is 3. The Morgan fingerprint density at radius 3 is 2.79 bits per heavy atom. The summed E-state index contributed by atoms with van der Waals surface area (Å²) in [6.07, 6.45) is 4.63. The van der Waals surface area contributed by atoms with E-state index in [2.05, 4.69) is 15.3 Å². The second kappa shape index (κ2) is 6.49. The summed E-state index contributed by atoms with van der Waals surface area (Å²) in [6.45, 7) is 1.97. The lowest BCUT2D eigenvalue weighted by molar-refractivity contribution is 0.0950. The SMILES string of the molecule is Cc1nccn1-c1ccc(CNC(=O)c2ccc(=O)[nH]c2)cc1F. The van der Waals surface area contributed by atoms with Crippen LogP contribution in [-0.2, 0) is 6.54 Å². The highest BCUT2D eigenvalue weighted by molar-refractivity contribution is 5.93. The number of nitrogens with zero attached hydrogens (tertiary/aromatic N) is 2. The fourth-order valence-electron chi connectivity index (χ4n) is 2.32. The maximum atomic E-state index is 14.3. The van der Waals surface area contributed by atoms with Crippen molar-refractivity contribution in [2.45, 2.75) is 13.5 Å². The standard InChI is InChI=1S/C17H15FN4O2/c1-11-19-6-7-22(11)15-4-2-12(8-14(15)18)9-21-17(24)13-3-5-16(23)20-10-13/h2-8,10H,9H2,1H3,(H,20,23)(H,21,24). The van der Waals surface area contributed by atoms with Gasteiger partial charge in [0.05, 0.1) is 11.3 Å². The quantitative estimate of drug-likeness (QED) is 0.769. The first-order valence-electron chi connectivity index (χ1n) is 7.30. The number of benzene rings is 1. The Balaban J connectivity index is 1.71. The molecular weight excluding hydrogens is 311 g/mol. The van der Waals surface area contributed by atoms with Gasteiger partial charge in [-0.1, -0.05) is 6.07 Å². The topological polar surface area (TPSA) is 79.8 Å². The zero-order valence-electron chi connectivity index (χ0n) is 12.9. The molecule has 2 heterocycles. The van der Waals surface area contributed by atoms with Gasteiger partial charge in [-0.3, -0.25) is 9.59 Å². The van der Waals surface area contributed by atoms with Crippen LogP contribution < -0.4 is 10.9 Å². The number of rotatable bonds is 4. The molecule has 0 aliphatic rings. The number of aryl methyl sites for hydroxylation is 1. The van der Waals surface area contributed by atoms with E-state index in [9.17, 15) is 14.0 Å². The lowest BCUT2D eigenvalue weighted by Gasteiger charge is -2.09. The number of aromatic nitrogens is 3. The summed E-state index contributed by atoms with van der Waals surface area (Å²) in [5, 5.41) is 2.68. The van der Waals surface area contributed by atoms with Gasteiger partial charge in [-0.25, -0.2) is 9.37 Å². The molecule has 122 valence electrons. The number of carbonyl (C=O) groups is 1. The molecule has 0 saturated heterocycles. The van der Waals surface area contributed by atoms with Crippen LogP contribution in [0.15, 0.2) is 53.7 Å². The molecule has 0 unspecified atom stereocenters. The Kier molecular flexibility index (Phi) is 4.24. The van der Waals surface area contributed by atoms with Crippen molar-refractivity contribution in [3.8, 4) is 5.69 Å². The average Bonchev–Trinajstić information content (AvgIpc) is 2.99. The van der Waals surface area contributed by atoms with Crippen LogP contribution >= 0.6 is 0 Å².